The van der Waals surface area contributed by atoms with Crippen LogP contribution in [-0.4, -0.2) is 5.11 Å². The van der Waals surface area contributed by atoms with E-state index in [2.05, 4.69) is 15.9 Å². The molecule has 0 saturated heterocycles. The fourth-order valence-electron chi connectivity index (χ4n) is 2.22. The average Bonchev–Trinajstić information content (AvgIpc) is 2.72. The molecule has 1 aliphatic carbocycles. The van der Waals surface area contributed by atoms with Gasteiger partial charge in [0.1, 0.15) is 4.51 Å². The van der Waals surface area contributed by atoms with Gasteiger partial charge in [0, 0.05) is 5.92 Å². The highest BCUT2D eigenvalue weighted by Crippen LogP contribution is 2.44. The highest BCUT2D eigenvalue weighted by molar-refractivity contribution is 9.09. The van der Waals surface area contributed by atoms with Crippen molar-refractivity contribution in [3.8, 4) is 0 Å². The first-order valence-electron chi connectivity index (χ1n) is 5.18. The van der Waals surface area contributed by atoms with Crippen LogP contribution in [0.5, 0.6) is 0 Å². The van der Waals surface area contributed by atoms with Crippen LogP contribution in [0.1, 0.15) is 31.2 Å². The van der Waals surface area contributed by atoms with Gasteiger partial charge in [-0.25, -0.2) is 0 Å². The van der Waals surface area contributed by atoms with Gasteiger partial charge in [-0.05, 0) is 34.3 Å². The number of alkyl halides is 1. The molecule has 1 aliphatic rings. The number of halogens is 1. The number of hydrogen-bond acceptors (Lipinski definition) is 1. The summed E-state index contributed by atoms with van der Waals surface area (Å²) in [5.74, 6) is 0.366. The van der Waals surface area contributed by atoms with E-state index in [0.717, 1.165) is 18.4 Å². The summed E-state index contributed by atoms with van der Waals surface area (Å²) in [5.41, 5.74) is 0.979. The van der Waals surface area contributed by atoms with Crippen LogP contribution >= 0.6 is 15.9 Å². The maximum atomic E-state index is 10.4. The molecule has 2 heteroatoms. The van der Waals surface area contributed by atoms with E-state index in [9.17, 15) is 5.11 Å². The predicted octanol–water partition coefficient (Wildman–Crippen LogP) is 3.42. The van der Waals surface area contributed by atoms with Gasteiger partial charge in [-0.2, -0.15) is 0 Å². The summed E-state index contributed by atoms with van der Waals surface area (Å²) in [6.07, 6.45) is 4.73. The van der Waals surface area contributed by atoms with Gasteiger partial charge in [-0.1, -0.05) is 43.2 Å². The molecule has 1 nitrogen and oxygen atoms in total. The largest absolute Gasteiger partial charge is 0.374 e. The highest BCUT2D eigenvalue weighted by atomic mass is 79.9. The van der Waals surface area contributed by atoms with Crippen molar-refractivity contribution < 1.29 is 5.11 Å². The quantitative estimate of drug-likeness (QED) is 0.803. The van der Waals surface area contributed by atoms with E-state index < -0.39 is 4.51 Å². The van der Waals surface area contributed by atoms with Gasteiger partial charge in [0.15, 0.2) is 0 Å². The summed E-state index contributed by atoms with van der Waals surface area (Å²) in [6, 6.07) is 9.87. The summed E-state index contributed by atoms with van der Waals surface area (Å²) < 4.78 is -0.815. The number of hydrogen-bond donors (Lipinski definition) is 1. The lowest BCUT2D eigenvalue weighted by Gasteiger charge is -2.28. The Morgan fingerprint density at radius 2 is 1.71 bits per heavy atom. The lowest BCUT2D eigenvalue weighted by Crippen LogP contribution is -2.26. The molecule has 2 rings (SSSR count). The number of benzene rings is 1. The van der Waals surface area contributed by atoms with Gasteiger partial charge >= 0.3 is 0 Å². The molecule has 0 radical (unpaired) electrons. The molecule has 0 amide bonds. The van der Waals surface area contributed by atoms with Crippen LogP contribution in [0.3, 0.4) is 0 Å². The topological polar surface area (TPSA) is 20.2 Å². The van der Waals surface area contributed by atoms with Gasteiger partial charge in [0.05, 0.1) is 0 Å². The summed E-state index contributed by atoms with van der Waals surface area (Å²) in [5, 5.41) is 10.4. The Bertz CT molecular complexity index is 288. The van der Waals surface area contributed by atoms with Crippen molar-refractivity contribution in [2.24, 2.45) is 5.92 Å². The molecule has 1 aromatic carbocycles. The number of aliphatic hydroxyl groups is 1. The van der Waals surface area contributed by atoms with Crippen molar-refractivity contribution in [3.05, 3.63) is 35.9 Å². The second-order valence-corrected chi connectivity index (χ2v) is 5.23. The van der Waals surface area contributed by atoms with Crippen molar-refractivity contribution in [2.45, 2.75) is 30.2 Å². The second kappa shape index (κ2) is 4.03. The van der Waals surface area contributed by atoms with Crippen LogP contribution in [0.25, 0.3) is 0 Å². The predicted molar refractivity (Wildman–Crippen MR) is 61.2 cm³/mol. The SMILES string of the molecule is OC(Br)(c1ccccc1)C1CCCC1. The fourth-order valence-corrected chi connectivity index (χ4v) is 2.94. The molecule has 76 valence electrons. The third-order valence-corrected chi connectivity index (χ3v) is 4.18. The van der Waals surface area contributed by atoms with Gasteiger partial charge in [-0.3, -0.25) is 0 Å². The Hall–Kier alpha value is -0.340. The summed E-state index contributed by atoms with van der Waals surface area (Å²) in [7, 11) is 0. The Morgan fingerprint density at radius 3 is 2.29 bits per heavy atom. The first-order chi connectivity index (χ1) is 6.71. The zero-order valence-electron chi connectivity index (χ0n) is 8.12. The minimum atomic E-state index is -0.815. The van der Waals surface area contributed by atoms with Crippen molar-refractivity contribution in [3.63, 3.8) is 0 Å². The van der Waals surface area contributed by atoms with Crippen LogP contribution in [0, 0.1) is 5.92 Å². The van der Waals surface area contributed by atoms with E-state index in [1.807, 2.05) is 30.3 Å². The molecule has 1 unspecified atom stereocenters. The van der Waals surface area contributed by atoms with Gasteiger partial charge in [0.25, 0.3) is 0 Å². The monoisotopic (exact) mass is 254 g/mol. The standard InChI is InChI=1S/C12H15BrO/c13-12(14,11-8-4-5-9-11)10-6-2-1-3-7-10/h1-3,6-7,11,14H,4-5,8-9H2. The van der Waals surface area contributed by atoms with Crippen molar-refractivity contribution in [1.29, 1.82) is 0 Å². The minimum absolute atomic E-state index is 0.366. The van der Waals surface area contributed by atoms with Crippen LogP contribution in [0.4, 0.5) is 0 Å². The minimum Gasteiger partial charge on any atom is -0.374 e. The van der Waals surface area contributed by atoms with Crippen LogP contribution in [0.15, 0.2) is 30.3 Å². The lowest BCUT2D eigenvalue weighted by molar-refractivity contribution is 0.0801. The van der Waals surface area contributed by atoms with Crippen LogP contribution in [-0.2, 0) is 4.51 Å². The summed E-state index contributed by atoms with van der Waals surface area (Å²) in [4.78, 5) is 0. The van der Waals surface area contributed by atoms with Gasteiger partial charge < -0.3 is 5.11 Å². The molecular formula is C12H15BrO. The highest BCUT2D eigenvalue weighted by Gasteiger charge is 2.37. The molecular weight excluding hydrogens is 240 g/mol. The smallest absolute Gasteiger partial charge is 0.147 e. The third-order valence-electron chi connectivity index (χ3n) is 3.07. The maximum absolute atomic E-state index is 10.4. The zero-order chi connectivity index (χ0) is 10.0. The Kier molecular flexibility index (Phi) is 2.93. The molecule has 0 heterocycles. The van der Waals surface area contributed by atoms with Crippen LogP contribution in [0.2, 0.25) is 0 Å². The van der Waals surface area contributed by atoms with E-state index >= 15 is 0 Å². The molecule has 0 spiro atoms. The normalized spacial score (nSPS) is 22.1. The van der Waals surface area contributed by atoms with Gasteiger partial charge in [0.2, 0.25) is 0 Å². The lowest BCUT2D eigenvalue weighted by atomic mass is 9.94. The molecule has 0 bridgehead atoms. The van der Waals surface area contributed by atoms with Crippen LogP contribution < -0.4 is 0 Å². The molecule has 1 atom stereocenters. The molecule has 1 saturated carbocycles. The molecule has 1 N–H and O–H groups in total. The van der Waals surface area contributed by atoms with Crippen molar-refractivity contribution in [1.82, 2.24) is 0 Å². The Balaban J connectivity index is 2.22. The zero-order valence-corrected chi connectivity index (χ0v) is 9.70. The van der Waals surface area contributed by atoms with Crippen molar-refractivity contribution >= 4 is 15.9 Å². The van der Waals surface area contributed by atoms with E-state index in [1.54, 1.807) is 0 Å². The Labute approximate surface area is 93.3 Å². The fraction of sp³-hybridized carbons (Fsp3) is 0.500. The molecule has 1 aromatic rings. The van der Waals surface area contributed by atoms with Gasteiger partial charge in [-0.15, -0.1) is 0 Å². The van der Waals surface area contributed by atoms with Crippen molar-refractivity contribution in [2.75, 3.05) is 0 Å². The first kappa shape index (κ1) is 10.2. The summed E-state index contributed by atoms with van der Waals surface area (Å²) >= 11 is 3.47. The maximum Gasteiger partial charge on any atom is 0.147 e. The molecule has 0 aliphatic heterocycles. The van der Waals surface area contributed by atoms with E-state index in [4.69, 9.17) is 0 Å². The number of rotatable bonds is 2. The van der Waals surface area contributed by atoms with E-state index in [-0.39, 0.29) is 0 Å². The molecule has 0 aromatic heterocycles. The molecule has 14 heavy (non-hydrogen) atoms. The van der Waals surface area contributed by atoms with E-state index in [1.165, 1.54) is 12.8 Å². The third kappa shape index (κ3) is 1.86. The first-order valence-corrected chi connectivity index (χ1v) is 5.97. The summed E-state index contributed by atoms with van der Waals surface area (Å²) in [6.45, 7) is 0. The van der Waals surface area contributed by atoms with E-state index in [0.29, 0.717) is 5.92 Å². The Morgan fingerprint density at radius 1 is 1.14 bits per heavy atom. The molecule has 1 fully saturated rings. The average molecular weight is 255 g/mol. The second-order valence-electron chi connectivity index (χ2n) is 4.02.